The second-order valence-electron chi connectivity index (χ2n) is 5.09. The van der Waals surface area contributed by atoms with E-state index >= 15 is 0 Å². The van der Waals surface area contributed by atoms with Crippen molar-refractivity contribution in [2.75, 3.05) is 38.1 Å². The summed E-state index contributed by atoms with van der Waals surface area (Å²) in [5, 5.41) is 1.16. The first-order valence-corrected chi connectivity index (χ1v) is 7.19. The molecule has 1 aliphatic heterocycles. The number of nitrogens with zero attached hydrogens (tertiary/aromatic N) is 3. The van der Waals surface area contributed by atoms with Crippen molar-refractivity contribution in [3.8, 4) is 0 Å². The lowest BCUT2D eigenvalue weighted by Crippen LogP contribution is -2.45. The van der Waals surface area contributed by atoms with Gasteiger partial charge in [-0.1, -0.05) is 18.2 Å². The van der Waals surface area contributed by atoms with Gasteiger partial charge >= 0.3 is 0 Å². The van der Waals surface area contributed by atoms with Crippen molar-refractivity contribution in [2.45, 2.75) is 5.88 Å². The van der Waals surface area contributed by atoms with Crippen molar-refractivity contribution < 1.29 is 0 Å². The minimum absolute atomic E-state index is 0.513. The Kier molecular flexibility index (Phi) is 3.58. The van der Waals surface area contributed by atoms with E-state index in [0.29, 0.717) is 5.88 Å². The molecule has 19 heavy (non-hydrogen) atoms. The number of piperazine rings is 1. The molecule has 2 heterocycles. The lowest BCUT2D eigenvalue weighted by atomic mass is 10.1. The number of likely N-dealkylation sites (N-methyl/N-ethyl adjacent to an activating group) is 1. The van der Waals surface area contributed by atoms with E-state index in [9.17, 15) is 0 Å². The normalized spacial score (nSPS) is 17.1. The summed E-state index contributed by atoms with van der Waals surface area (Å²) in [7, 11) is 2.16. The number of fused-ring (bicyclic) bond motifs is 1. The highest BCUT2D eigenvalue weighted by atomic mass is 35.5. The molecule has 0 atom stereocenters. The van der Waals surface area contributed by atoms with E-state index in [4.69, 9.17) is 16.6 Å². The summed E-state index contributed by atoms with van der Waals surface area (Å²) in [5.41, 5.74) is 2.18. The van der Waals surface area contributed by atoms with Crippen LogP contribution in [0.15, 0.2) is 30.3 Å². The third-order valence-corrected chi connectivity index (χ3v) is 4.01. The molecule has 100 valence electrons. The molecule has 0 spiro atoms. The third kappa shape index (κ3) is 2.53. The van der Waals surface area contributed by atoms with Crippen molar-refractivity contribution in [3.05, 3.63) is 35.9 Å². The molecule has 1 aliphatic rings. The average molecular weight is 276 g/mol. The van der Waals surface area contributed by atoms with Crippen LogP contribution in [-0.4, -0.2) is 43.1 Å². The van der Waals surface area contributed by atoms with E-state index in [-0.39, 0.29) is 0 Å². The number of hydrogen-bond acceptors (Lipinski definition) is 3. The Hall–Kier alpha value is -1.32. The molecule has 2 aromatic rings. The van der Waals surface area contributed by atoms with Crippen LogP contribution in [0.2, 0.25) is 0 Å². The van der Waals surface area contributed by atoms with Gasteiger partial charge in [0.2, 0.25) is 0 Å². The number of rotatable bonds is 2. The standard InChI is InChI=1S/C15H18ClN3/c1-18-6-8-19(9-7-18)15-13(11-16)10-12-4-2-3-5-14(12)17-15/h2-5,10H,6-9,11H2,1H3. The maximum absolute atomic E-state index is 6.10. The molecule has 0 unspecified atom stereocenters. The molecule has 0 aliphatic carbocycles. The lowest BCUT2D eigenvalue weighted by Gasteiger charge is -2.34. The van der Waals surface area contributed by atoms with Gasteiger partial charge in [-0.05, 0) is 19.2 Å². The fraction of sp³-hybridized carbons (Fsp3) is 0.400. The molecule has 1 aromatic carbocycles. The number of benzene rings is 1. The van der Waals surface area contributed by atoms with Crippen LogP contribution in [0, 0.1) is 0 Å². The maximum Gasteiger partial charge on any atom is 0.133 e. The molecule has 1 aromatic heterocycles. The van der Waals surface area contributed by atoms with Crippen LogP contribution in [0.5, 0.6) is 0 Å². The van der Waals surface area contributed by atoms with E-state index in [2.05, 4.69) is 35.0 Å². The Balaban J connectivity index is 2.01. The van der Waals surface area contributed by atoms with Crippen LogP contribution in [-0.2, 0) is 5.88 Å². The van der Waals surface area contributed by atoms with Gasteiger partial charge < -0.3 is 9.80 Å². The summed E-state index contributed by atoms with van der Waals surface area (Å²) < 4.78 is 0. The van der Waals surface area contributed by atoms with Gasteiger partial charge in [-0.15, -0.1) is 11.6 Å². The first kappa shape index (κ1) is 12.7. The number of anilines is 1. The molecule has 0 amide bonds. The highest BCUT2D eigenvalue weighted by Gasteiger charge is 2.18. The molecule has 4 heteroatoms. The topological polar surface area (TPSA) is 19.4 Å². The summed E-state index contributed by atoms with van der Waals surface area (Å²) in [6.45, 7) is 4.20. The fourth-order valence-corrected chi connectivity index (χ4v) is 2.74. The van der Waals surface area contributed by atoms with Gasteiger partial charge in [-0.3, -0.25) is 0 Å². The predicted molar refractivity (Wildman–Crippen MR) is 81.0 cm³/mol. The zero-order valence-electron chi connectivity index (χ0n) is 11.1. The van der Waals surface area contributed by atoms with E-state index in [1.807, 2.05) is 12.1 Å². The minimum atomic E-state index is 0.513. The molecule has 3 nitrogen and oxygen atoms in total. The molecule has 0 radical (unpaired) electrons. The molecule has 1 saturated heterocycles. The predicted octanol–water partition coefficient (Wildman–Crippen LogP) is 2.73. The van der Waals surface area contributed by atoms with Crippen LogP contribution in [0.1, 0.15) is 5.56 Å². The SMILES string of the molecule is CN1CCN(c2nc3ccccc3cc2CCl)CC1. The number of para-hydroxylation sites is 1. The molecule has 0 saturated carbocycles. The van der Waals surface area contributed by atoms with Gasteiger partial charge in [0, 0.05) is 37.1 Å². The van der Waals surface area contributed by atoms with Crippen LogP contribution < -0.4 is 4.90 Å². The van der Waals surface area contributed by atoms with Gasteiger partial charge in [0.1, 0.15) is 5.82 Å². The number of hydrogen-bond donors (Lipinski definition) is 0. The average Bonchev–Trinajstić information content (AvgIpc) is 2.46. The second kappa shape index (κ2) is 5.35. The molecular weight excluding hydrogens is 258 g/mol. The second-order valence-corrected chi connectivity index (χ2v) is 5.36. The third-order valence-electron chi connectivity index (χ3n) is 3.73. The highest BCUT2D eigenvalue weighted by Crippen LogP contribution is 2.25. The largest absolute Gasteiger partial charge is 0.354 e. The fourth-order valence-electron chi connectivity index (χ4n) is 2.54. The first-order valence-electron chi connectivity index (χ1n) is 6.66. The zero-order chi connectivity index (χ0) is 13.2. The van der Waals surface area contributed by atoms with Gasteiger partial charge in [0.25, 0.3) is 0 Å². The minimum Gasteiger partial charge on any atom is -0.354 e. The van der Waals surface area contributed by atoms with Crippen molar-refractivity contribution in [1.29, 1.82) is 0 Å². The van der Waals surface area contributed by atoms with E-state index < -0.39 is 0 Å². The summed E-state index contributed by atoms with van der Waals surface area (Å²) in [4.78, 5) is 9.51. The van der Waals surface area contributed by atoms with Gasteiger partial charge in [0.15, 0.2) is 0 Å². The molecule has 1 fully saturated rings. The Labute approximate surface area is 118 Å². The number of pyridine rings is 1. The van der Waals surface area contributed by atoms with E-state index in [0.717, 1.165) is 48.5 Å². The van der Waals surface area contributed by atoms with Crippen molar-refractivity contribution in [3.63, 3.8) is 0 Å². The van der Waals surface area contributed by atoms with Gasteiger partial charge in [-0.2, -0.15) is 0 Å². The smallest absolute Gasteiger partial charge is 0.133 e. The summed E-state index contributed by atoms with van der Waals surface area (Å²) >= 11 is 6.10. The lowest BCUT2D eigenvalue weighted by molar-refractivity contribution is 0.312. The van der Waals surface area contributed by atoms with E-state index in [1.165, 1.54) is 0 Å². The van der Waals surface area contributed by atoms with Crippen LogP contribution in [0.3, 0.4) is 0 Å². The zero-order valence-corrected chi connectivity index (χ0v) is 11.9. The van der Waals surface area contributed by atoms with Crippen molar-refractivity contribution in [2.24, 2.45) is 0 Å². The van der Waals surface area contributed by atoms with Crippen molar-refractivity contribution >= 4 is 28.3 Å². The highest BCUT2D eigenvalue weighted by molar-refractivity contribution is 6.17. The Morgan fingerprint density at radius 3 is 2.63 bits per heavy atom. The van der Waals surface area contributed by atoms with Crippen LogP contribution in [0.4, 0.5) is 5.82 Å². The van der Waals surface area contributed by atoms with Gasteiger partial charge in [0.05, 0.1) is 11.4 Å². The maximum atomic E-state index is 6.10. The van der Waals surface area contributed by atoms with Crippen LogP contribution in [0.25, 0.3) is 10.9 Å². The summed E-state index contributed by atoms with van der Waals surface area (Å²) in [6.07, 6.45) is 0. The summed E-state index contributed by atoms with van der Waals surface area (Å²) in [5.74, 6) is 1.57. The Morgan fingerprint density at radius 1 is 1.16 bits per heavy atom. The van der Waals surface area contributed by atoms with Gasteiger partial charge in [-0.25, -0.2) is 4.98 Å². The molecule has 0 bridgehead atoms. The Bertz CT molecular complexity index is 577. The first-order chi connectivity index (χ1) is 9.28. The Morgan fingerprint density at radius 2 is 1.89 bits per heavy atom. The number of halogens is 1. The monoisotopic (exact) mass is 275 g/mol. The summed E-state index contributed by atoms with van der Waals surface area (Å²) in [6, 6.07) is 10.4. The number of aromatic nitrogens is 1. The molecule has 3 rings (SSSR count). The van der Waals surface area contributed by atoms with Crippen LogP contribution >= 0.6 is 11.6 Å². The van der Waals surface area contributed by atoms with Crippen molar-refractivity contribution in [1.82, 2.24) is 9.88 Å². The molecule has 0 N–H and O–H groups in total. The van der Waals surface area contributed by atoms with E-state index in [1.54, 1.807) is 0 Å². The quantitative estimate of drug-likeness (QED) is 0.786. The number of alkyl halides is 1. The molecular formula is C15H18ClN3.